The third kappa shape index (κ3) is 16.8. The van der Waals surface area contributed by atoms with Gasteiger partial charge in [0.15, 0.2) is 7.05 Å². The molecule has 0 unspecified atom stereocenters. The van der Waals surface area contributed by atoms with E-state index in [1.165, 1.54) is 13.8 Å². The molecule has 1 aromatic heterocycles. The summed E-state index contributed by atoms with van der Waals surface area (Å²) in [6.07, 6.45) is -1.63. The van der Waals surface area contributed by atoms with E-state index in [2.05, 4.69) is 15.6 Å². The summed E-state index contributed by atoms with van der Waals surface area (Å²) in [5, 5.41) is 24.5. The van der Waals surface area contributed by atoms with E-state index >= 15 is 0 Å². The molecule has 12 heteroatoms. The number of hydrogen-bond donors (Lipinski definition) is 3. The lowest BCUT2D eigenvalue weighted by Gasteiger charge is -2.22. The van der Waals surface area contributed by atoms with Crippen molar-refractivity contribution in [1.29, 1.82) is 0 Å². The van der Waals surface area contributed by atoms with Crippen LogP contribution in [0.2, 0.25) is 0 Å². The molecule has 33 heavy (non-hydrogen) atoms. The van der Waals surface area contributed by atoms with Gasteiger partial charge in [-0.25, -0.2) is 4.98 Å². The number of alkyl halides is 3. The summed E-state index contributed by atoms with van der Waals surface area (Å²) in [5.41, 5.74) is 0.175. The van der Waals surface area contributed by atoms with Crippen LogP contribution in [0.25, 0.3) is 0 Å². The molecule has 1 heterocycles. The minimum atomic E-state index is -4.00. The molecule has 0 fully saturated rings. The number of aromatic nitrogens is 1. The third-order valence-electron chi connectivity index (χ3n) is 3.57. The number of rotatable bonds is 6. The van der Waals surface area contributed by atoms with Gasteiger partial charge in [-0.1, -0.05) is 18.2 Å². The number of nitrogens with zero attached hydrogens (tertiary/aromatic N) is 2. The number of benzene rings is 1. The predicted octanol–water partition coefficient (Wildman–Crippen LogP) is 3.82. The molecule has 182 valence electrons. The number of carbonyl (C=O) groups excluding carboxylic acids is 2. The van der Waals surface area contributed by atoms with Gasteiger partial charge >= 0.3 is 6.18 Å². The highest BCUT2D eigenvalue weighted by Gasteiger charge is 2.30. The summed E-state index contributed by atoms with van der Waals surface area (Å²) < 4.78 is 31.1. The Morgan fingerprint density at radius 3 is 2.03 bits per heavy atom. The van der Waals surface area contributed by atoms with E-state index in [-0.39, 0.29) is 19.3 Å². The van der Waals surface area contributed by atoms with Crippen LogP contribution in [0, 0.1) is 10.1 Å². The van der Waals surface area contributed by atoms with Gasteiger partial charge in [0.25, 0.3) is 5.91 Å². The lowest BCUT2D eigenvalue weighted by Crippen LogP contribution is -2.40. The molecule has 0 saturated heterocycles. The molecule has 0 bridgehead atoms. The second kappa shape index (κ2) is 13.8. The standard InChI is InChI=1S/C18H21N3O3.C2H3F3.CH3NO2/c1-13(22)20-15-8-6-14(7-9-15)10-11-18(2,24)17(23)21-16-5-3-4-12-19-16;1-2(3,4)5;1-2(3)4/h3-9,12,24H,10-11H2,1-2H3,(H,20,22)(H,19,21,23);1H3;1H3/t18-;;/m0../s1. The van der Waals surface area contributed by atoms with Gasteiger partial charge in [-0.05, 0) is 49.6 Å². The van der Waals surface area contributed by atoms with E-state index < -0.39 is 22.6 Å². The Balaban J connectivity index is 0.000000968. The summed E-state index contributed by atoms with van der Waals surface area (Å²) >= 11 is 0. The Bertz CT molecular complexity index is 879. The van der Waals surface area contributed by atoms with Crippen LogP contribution in [0.15, 0.2) is 48.7 Å². The Kier molecular flexibility index (Phi) is 12.3. The van der Waals surface area contributed by atoms with Crippen LogP contribution in [0.4, 0.5) is 24.7 Å². The molecule has 0 saturated carbocycles. The molecule has 0 aliphatic rings. The molecular weight excluding hydrogens is 445 g/mol. The first-order chi connectivity index (χ1) is 15.1. The van der Waals surface area contributed by atoms with Crippen LogP contribution in [0.1, 0.15) is 32.8 Å². The zero-order valence-electron chi connectivity index (χ0n) is 18.6. The zero-order valence-corrected chi connectivity index (χ0v) is 18.6. The quantitative estimate of drug-likeness (QED) is 0.432. The Labute approximate surface area is 189 Å². The van der Waals surface area contributed by atoms with Crippen molar-refractivity contribution in [2.24, 2.45) is 0 Å². The number of aryl methyl sites for hydroxylation is 1. The van der Waals surface area contributed by atoms with Crippen molar-refractivity contribution >= 4 is 23.3 Å². The first kappa shape index (κ1) is 29.5. The monoisotopic (exact) mass is 472 g/mol. The lowest BCUT2D eigenvalue weighted by atomic mass is 9.96. The highest BCUT2D eigenvalue weighted by molar-refractivity contribution is 5.96. The number of hydrogen-bond acceptors (Lipinski definition) is 6. The number of pyridine rings is 1. The van der Waals surface area contributed by atoms with Gasteiger partial charge in [0.1, 0.15) is 11.4 Å². The van der Waals surface area contributed by atoms with Crippen LogP contribution in [-0.2, 0) is 16.0 Å². The van der Waals surface area contributed by atoms with Gasteiger partial charge in [0.05, 0.1) is 0 Å². The number of carbonyl (C=O) groups is 2. The fraction of sp³-hybridized carbons (Fsp3) is 0.381. The second-order valence-electron chi connectivity index (χ2n) is 7.04. The van der Waals surface area contributed by atoms with Crippen molar-refractivity contribution in [3.05, 3.63) is 64.3 Å². The van der Waals surface area contributed by atoms with E-state index in [0.29, 0.717) is 17.9 Å². The molecule has 2 rings (SSSR count). The van der Waals surface area contributed by atoms with Crippen LogP contribution in [0.3, 0.4) is 0 Å². The van der Waals surface area contributed by atoms with Gasteiger partial charge in [-0.15, -0.1) is 0 Å². The van der Waals surface area contributed by atoms with Crippen molar-refractivity contribution in [2.75, 3.05) is 17.7 Å². The van der Waals surface area contributed by atoms with E-state index in [1.54, 1.807) is 36.5 Å². The van der Waals surface area contributed by atoms with Crippen molar-refractivity contribution in [1.82, 2.24) is 4.98 Å². The largest absolute Gasteiger partial charge is 0.386 e. The summed E-state index contributed by atoms with van der Waals surface area (Å²) in [5.74, 6) is -0.213. The van der Waals surface area contributed by atoms with Crippen LogP contribution < -0.4 is 10.6 Å². The molecule has 0 aliphatic carbocycles. The minimum absolute atomic E-state index is 0.128. The van der Waals surface area contributed by atoms with Gasteiger partial charge in [0, 0.05) is 30.7 Å². The van der Waals surface area contributed by atoms with Crippen molar-refractivity contribution in [3.63, 3.8) is 0 Å². The lowest BCUT2D eigenvalue weighted by molar-refractivity contribution is -0.445. The first-order valence-electron chi connectivity index (χ1n) is 9.56. The Morgan fingerprint density at radius 1 is 1.09 bits per heavy atom. The molecule has 0 aliphatic heterocycles. The molecule has 2 aromatic rings. The molecular formula is C21H27F3N4O5. The van der Waals surface area contributed by atoms with Crippen LogP contribution in [-0.4, -0.2) is 45.7 Å². The number of aliphatic hydroxyl groups is 1. The first-order valence-corrected chi connectivity index (χ1v) is 9.56. The maximum atomic E-state index is 12.2. The van der Waals surface area contributed by atoms with Gasteiger partial charge in [-0.3, -0.25) is 19.7 Å². The molecule has 3 N–H and O–H groups in total. The van der Waals surface area contributed by atoms with Gasteiger partial charge in [-0.2, -0.15) is 13.2 Å². The number of amides is 2. The average molecular weight is 472 g/mol. The highest BCUT2D eigenvalue weighted by atomic mass is 19.4. The minimum Gasteiger partial charge on any atom is -0.380 e. The fourth-order valence-corrected chi connectivity index (χ4v) is 2.15. The Hall–Kier alpha value is -3.54. The summed E-state index contributed by atoms with van der Waals surface area (Å²) in [4.78, 5) is 35.5. The molecule has 1 aromatic carbocycles. The molecule has 2 amide bonds. The van der Waals surface area contributed by atoms with Crippen molar-refractivity contribution < 1.29 is 32.8 Å². The van der Waals surface area contributed by atoms with Crippen molar-refractivity contribution in [3.8, 4) is 0 Å². The number of halogens is 3. The molecule has 1 atom stereocenters. The van der Waals surface area contributed by atoms with E-state index in [0.717, 1.165) is 12.6 Å². The fourth-order valence-electron chi connectivity index (χ4n) is 2.15. The highest BCUT2D eigenvalue weighted by Crippen LogP contribution is 2.18. The predicted molar refractivity (Wildman–Crippen MR) is 117 cm³/mol. The van der Waals surface area contributed by atoms with E-state index in [4.69, 9.17) is 10.1 Å². The van der Waals surface area contributed by atoms with E-state index in [1.807, 2.05) is 12.1 Å². The van der Waals surface area contributed by atoms with Crippen LogP contribution >= 0.6 is 0 Å². The molecule has 0 spiro atoms. The summed E-state index contributed by atoms with van der Waals surface area (Å²) in [6.45, 7) is 3.12. The number of nitro groups is 1. The number of nitrogens with one attached hydrogen (secondary N) is 2. The number of anilines is 2. The van der Waals surface area contributed by atoms with Crippen molar-refractivity contribution in [2.45, 2.75) is 45.4 Å². The second-order valence-corrected chi connectivity index (χ2v) is 7.04. The SMILES string of the molecule is CC(=O)Nc1ccc(CC[C@](C)(O)C(=O)Nc2ccccn2)cc1.CC(F)(F)F.C[N+](=O)[O-]. The van der Waals surface area contributed by atoms with Gasteiger partial charge in [0.2, 0.25) is 5.91 Å². The normalized spacial score (nSPS) is 12.0. The third-order valence-corrected chi connectivity index (χ3v) is 3.57. The topological polar surface area (TPSA) is 134 Å². The van der Waals surface area contributed by atoms with Crippen LogP contribution in [0.5, 0.6) is 0 Å². The maximum Gasteiger partial charge on any atom is 0.386 e. The average Bonchev–Trinajstić information content (AvgIpc) is 2.66. The molecule has 9 nitrogen and oxygen atoms in total. The Morgan fingerprint density at radius 2 is 1.61 bits per heavy atom. The summed E-state index contributed by atoms with van der Waals surface area (Å²) in [7, 11) is 0.889. The maximum absolute atomic E-state index is 12.2. The zero-order chi connectivity index (χ0) is 25.7. The van der Waals surface area contributed by atoms with Gasteiger partial charge < -0.3 is 15.7 Å². The van der Waals surface area contributed by atoms with E-state index in [9.17, 15) is 27.9 Å². The smallest absolute Gasteiger partial charge is 0.380 e. The molecule has 0 radical (unpaired) electrons. The summed E-state index contributed by atoms with van der Waals surface area (Å²) in [6, 6.07) is 12.5.